The predicted octanol–water partition coefficient (Wildman–Crippen LogP) is 1.10. The first-order chi connectivity index (χ1) is 8.31. The summed E-state index contributed by atoms with van der Waals surface area (Å²) in [6, 6.07) is 0. The number of amides is 1. The molecule has 1 saturated heterocycles. The van der Waals surface area contributed by atoms with E-state index in [4.69, 9.17) is 0 Å². The summed E-state index contributed by atoms with van der Waals surface area (Å²) < 4.78 is 1.60. The fraction of sp³-hybridized carbons (Fsp3) is 0.583. The quantitative estimate of drug-likeness (QED) is 0.737. The van der Waals surface area contributed by atoms with Gasteiger partial charge >= 0.3 is 0 Å². The van der Waals surface area contributed by atoms with Gasteiger partial charge in [0.25, 0.3) is 0 Å². The number of likely N-dealkylation sites (tertiary alicyclic amines) is 1. The molecule has 2 rings (SSSR count). The molecule has 5 heteroatoms. The standard InChI is InChI=1S/C12H17N3O2/c16-10-11-13-5-8-15(11)9-12(17)14-6-3-1-2-4-7-14/h5,8,10H,1-4,6-7,9H2. The second-order valence-corrected chi connectivity index (χ2v) is 4.33. The van der Waals surface area contributed by atoms with E-state index in [2.05, 4.69) is 4.98 Å². The zero-order chi connectivity index (χ0) is 12.1. The van der Waals surface area contributed by atoms with Crippen molar-refractivity contribution in [2.45, 2.75) is 32.2 Å². The summed E-state index contributed by atoms with van der Waals surface area (Å²) in [4.78, 5) is 28.5. The van der Waals surface area contributed by atoms with E-state index in [1.165, 1.54) is 12.8 Å². The number of aldehydes is 1. The lowest BCUT2D eigenvalue weighted by molar-refractivity contribution is -0.131. The Balaban J connectivity index is 1.98. The largest absolute Gasteiger partial charge is 0.341 e. The van der Waals surface area contributed by atoms with Crippen LogP contribution in [0.2, 0.25) is 0 Å². The van der Waals surface area contributed by atoms with Crippen molar-refractivity contribution in [2.24, 2.45) is 0 Å². The Bertz CT molecular complexity index is 392. The van der Waals surface area contributed by atoms with E-state index in [0.717, 1.165) is 25.9 Å². The van der Waals surface area contributed by atoms with Gasteiger partial charge < -0.3 is 9.47 Å². The molecule has 1 aliphatic heterocycles. The first-order valence-electron chi connectivity index (χ1n) is 6.05. The van der Waals surface area contributed by atoms with E-state index in [1.54, 1.807) is 17.0 Å². The molecule has 92 valence electrons. The maximum Gasteiger partial charge on any atom is 0.242 e. The van der Waals surface area contributed by atoms with Crippen molar-refractivity contribution in [2.75, 3.05) is 13.1 Å². The highest BCUT2D eigenvalue weighted by Crippen LogP contribution is 2.10. The molecule has 0 bridgehead atoms. The molecule has 2 heterocycles. The third-order valence-electron chi connectivity index (χ3n) is 3.12. The van der Waals surface area contributed by atoms with Crippen molar-refractivity contribution in [1.29, 1.82) is 0 Å². The number of nitrogens with zero attached hydrogens (tertiary/aromatic N) is 3. The number of hydrogen-bond donors (Lipinski definition) is 0. The SMILES string of the molecule is O=Cc1nccn1CC(=O)N1CCCCCC1. The van der Waals surface area contributed by atoms with Crippen LogP contribution in [0.15, 0.2) is 12.4 Å². The molecular weight excluding hydrogens is 218 g/mol. The highest BCUT2D eigenvalue weighted by molar-refractivity contribution is 5.77. The van der Waals surface area contributed by atoms with E-state index in [0.29, 0.717) is 12.1 Å². The minimum Gasteiger partial charge on any atom is -0.341 e. The number of carbonyl (C=O) groups is 2. The van der Waals surface area contributed by atoms with Crippen LogP contribution in [-0.4, -0.2) is 39.7 Å². The Morgan fingerprint density at radius 3 is 2.65 bits per heavy atom. The van der Waals surface area contributed by atoms with Crippen LogP contribution < -0.4 is 0 Å². The van der Waals surface area contributed by atoms with Crippen molar-refractivity contribution in [3.8, 4) is 0 Å². The predicted molar refractivity (Wildman–Crippen MR) is 62.7 cm³/mol. The van der Waals surface area contributed by atoms with Gasteiger partial charge in [0, 0.05) is 25.5 Å². The van der Waals surface area contributed by atoms with Gasteiger partial charge in [-0.05, 0) is 12.8 Å². The second kappa shape index (κ2) is 5.61. The van der Waals surface area contributed by atoms with Gasteiger partial charge in [-0.1, -0.05) is 12.8 Å². The summed E-state index contributed by atoms with van der Waals surface area (Å²) in [5, 5.41) is 0. The molecule has 0 spiro atoms. The van der Waals surface area contributed by atoms with Gasteiger partial charge in [-0.15, -0.1) is 0 Å². The highest BCUT2D eigenvalue weighted by atomic mass is 16.2. The van der Waals surface area contributed by atoms with Crippen molar-refractivity contribution in [1.82, 2.24) is 14.5 Å². The van der Waals surface area contributed by atoms with Crippen LogP contribution in [0.3, 0.4) is 0 Å². The average molecular weight is 235 g/mol. The van der Waals surface area contributed by atoms with Crippen LogP contribution >= 0.6 is 0 Å². The van der Waals surface area contributed by atoms with Crippen LogP contribution in [-0.2, 0) is 11.3 Å². The number of hydrogen-bond acceptors (Lipinski definition) is 3. The number of imidazole rings is 1. The number of rotatable bonds is 3. The molecule has 1 aromatic rings. The van der Waals surface area contributed by atoms with Crippen molar-refractivity contribution in [3.63, 3.8) is 0 Å². The molecular formula is C12H17N3O2. The van der Waals surface area contributed by atoms with E-state index in [-0.39, 0.29) is 12.5 Å². The van der Waals surface area contributed by atoms with Crippen LogP contribution in [0.5, 0.6) is 0 Å². The Labute approximate surface area is 100 Å². The first kappa shape index (κ1) is 11.8. The molecule has 1 aliphatic rings. The zero-order valence-corrected chi connectivity index (χ0v) is 9.84. The molecule has 0 atom stereocenters. The Morgan fingerprint density at radius 2 is 2.00 bits per heavy atom. The maximum absolute atomic E-state index is 12.0. The Kier molecular flexibility index (Phi) is 3.90. The van der Waals surface area contributed by atoms with E-state index >= 15 is 0 Å². The van der Waals surface area contributed by atoms with Gasteiger partial charge in [0.2, 0.25) is 5.91 Å². The minimum absolute atomic E-state index is 0.0769. The highest BCUT2D eigenvalue weighted by Gasteiger charge is 2.16. The molecule has 5 nitrogen and oxygen atoms in total. The monoisotopic (exact) mass is 235 g/mol. The smallest absolute Gasteiger partial charge is 0.242 e. The van der Waals surface area contributed by atoms with Gasteiger partial charge in [0.05, 0.1) is 0 Å². The summed E-state index contributed by atoms with van der Waals surface area (Å²) >= 11 is 0. The fourth-order valence-corrected chi connectivity index (χ4v) is 2.14. The molecule has 1 amide bonds. The van der Waals surface area contributed by atoms with Crippen LogP contribution in [0, 0.1) is 0 Å². The van der Waals surface area contributed by atoms with Gasteiger partial charge in [-0.3, -0.25) is 9.59 Å². The lowest BCUT2D eigenvalue weighted by Crippen LogP contribution is -2.34. The van der Waals surface area contributed by atoms with Gasteiger partial charge in [-0.25, -0.2) is 4.98 Å². The summed E-state index contributed by atoms with van der Waals surface area (Å²) in [7, 11) is 0. The van der Waals surface area contributed by atoms with Crippen molar-refractivity contribution >= 4 is 12.2 Å². The molecule has 0 saturated carbocycles. The van der Waals surface area contributed by atoms with Crippen molar-refractivity contribution < 1.29 is 9.59 Å². The molecule has 0 aromatic carbocycles. The average Bonchev–Trinajstić information content (AvgIpc) is 2.62. The van der Waals surface area contributed by atoms with E-state index < -0.39 is 0 Å². The van der Waals surface area contributed by atoms with Crippen LogP contribution in [0.4, 0.5) is 0 Å². The summed E-state index contributed by atoms with van der Waals surface area (Å²) in [5.41, 5.74) is 0. The van der Waals surface area contributed by atoms with Crippen LogP contribution in [0.25, 0.3) is 0 Å². The molecule has 1 fully saturated rings. The third kappa shape index (κ3) is 2.93. The van der Waals surface area contributed by atoms with E-state index in [9.17, 15) is 9.59 Å². The third-order valence-corrected chi connectivity index (χ3v) is 3.12. The summed E-state index contributed by atoms with van der Waals surface area (Å²) in [6.45, 7) is 1.89. The number of carbonyl (C=O) groups excluding carboxylic acids is 2. The summed E-state index contributed by atoms with van der Waals surface area (Å²) in [6.07, 6.45) is 8.45. The first-order valence-corrected chi connectivity index (χ1v) is 6.05. The maximum atomic E-state index is 12.0. The van der Waals surface area contributed by atoms with E-state index in [1.807, 2.05) is 4.90 Å². The zero-order valence-electron chi connectivity index (χ0n) is 9.84. The molecule has 1 aromatic heterocycles. The normalized spacial score (nSPS) is 16.6. The van der Waals surface area contributed by atoms with Gasteiger partial charge in [0.15, 0.2) is 12.1 Å². The summed E-state index contributed by atoms with van der Waals surface area (Å²) in [5.74, 6) is 0.390. The number of aromatic nitrogens is 2. The molecule has 0 unspecified atom stereocenters. The fourth-order valence-electron chi connectivity index (χ4n) is 2.14. The lowest BCUT2D eigenvalue weighted by atomic mass is 10.2. The van der Waals surface area contributed by atoms with Crippen molar-refractivity contribution in [3.05, 3.63) is 18.2 Å². The minimum atomic E-state index is 0.0769. The molecule has 0 aliphatic carbocycles. The van der Waals surface area contributed by atoms with Gasteiger partial charge in [-0.2, -0.15) is 0 Å². The Hall–Kier alpha value is -1.65. The molecule has 0 N–H and O–H groups in total. The second-order valence-electron chi connectivity index (χ2n) is 4.33. The molecule has 0 radical (unpaired) electrons. The van der Waals surface area contributed by atoms with Crippen LogP contribution in [0.1, 0.15) is 36.3 Å². The topological polar surface area (TPSA) is 55.2 Å². The van der Waals surface area contributed by atoms with Gasteiger partial charge in [0.1, 0.15) is 6.54 Å². The molecule has 17 heavy (non-hydrogen) atoms. The Morgan fingerprint density at radius 1 is 1.29 bits per heavy atom. The lowest BCUT2D eigenvalue weighted by Gasteiger charge is -2.20.